The van der Waals surface area contributed by atoms with Gasteiger partial charge in [-0.3, -0.25) is 9.55 Å². The summed E-state index contributed by atoms with van der Waals surface area (Å²) in [4.78, 5) is 10.3. The maximum atomic E-state index is 12.4. The monoisotopic (exact) mass is 1040 g/mol. The molecule has 4 heterocycles. The molecule has 0 unspecified atom stereocenters. The van der Waals surface area contributed by atoms with Crippen LogP contribution < -0.4 is 0 Å². The van der Waals surface area contributed by atoms with Crippen molar-refractivity contribution in [1.82, 2.24) is 14.5 Å². The van der Waals surface area contributed by atoms with Gasteiger partial charge in [0.15, 0.2) is 5.58 Å². The molecule has 7 aromatic carbocycles. The molecule has 0 fully saturated rings. The van der Waals surface area contributed by atoms with E-state index in [0.717, 1.165) is 66.5 Å². The zero-order chi connectivity index (χ0) is 47.3. The Kier molecular flexibility index (Phi) is 9.63. The maximum absolute atomic E-state index is 12.4. The van der Waals surface area contributed by atoms with E-state index in [9.17, 15) is 5.11 Å². The summed E-state index contributed by atoms with van der Waals surface area (Å²) < 4.78 is 40.8. The summed E-state index contributed by atoms with van der Waals surface area (Å²) in [5.41, 5.74) is 12.0. The van der Waals surface area contributed by atoms with Gasteiger partial charge in [-0.25, -0.2) is 4.98 Å². The van der Waals surface area contributed by atoms with Crippen LogP contribution in [-0.2, 0) is 31.9 Å². The number of phenolic OH excluding ortho intramolecular Hbond substituents is 1. The Morgan fingerprint density at radius 2 is 1.33 bits per heavy atom. The van der Waals surface area contributed by atoms with Gasteiger partial charge in [0.2, 0.25) is 0 Å². The molecule has 328 valence electrons. The van der Waals surface area contributed by atoms with Gasteiger partial charge in [0.1, 0.15) is 28.5 Å². The molecule has 11 rings (SSSR count). The largest absolute Gasteiger partial charge is 0.507 e. The van der Waals surface area contributed by atoms with Crippen molar-refractivity contribution in [2.24, 2.45) is 0 Å². The summed E-state index contributed by atoms with van der Waals surface area (Å²) >= 11 is 0. The molecule has 0 amide bonds. The number of aryl methyl sites for hydroxylation is 1. The van der Waals surface area contributed by atoms with Gasteiger partial charge in [0.25, 0.3) is 0 Å². The molecule has 0 bridgehead atoms. The fourth-order valence-corrected chi connectivity index (χ4v) is 9.08. The zero-order valence-corrected chi connectivity index (χ0v) is 39.7. The van der Waals surface area contributed by atoms with Crippen molar-refractivity contribution in [2.45, 2.75) is 59.2 Å². The van der Waals surface area contributed by atoms with Crippen LogP contribution >= 0.6 is 0 Å². The molecule has 0 saturated carbocycles. The first-order valence-corrected chi connectivity index (χ1v) is 22.0. The average Bonchev–Trinajstić information content (AvgIpc) is 4.02. The van der Waals surface area contributed by atoms with E-state index in [1.165, 1.54) is 0 Å². The molecule has 6 nitrogen and oxygen atoms in total. The second-order valence-electron chi connectivity index (χ2n) is 18.9. The fraction of sp³-hybridized carbons (Fsp3) is 0.153. The van der Waals surface area contributed by atoms with E-state index in [1.807, 2.05) is 103 Å². The van der Waals surface area contributed by atoms with Gasteiger partial charge in [0.05, 0.1) is 28.5 Å². The third kappa shape index (κ3) is 7.25. The molecule has 0 spiro atoms. The van der Waals surface area contributed by atoms with Crippen molar-refractivity contribution in [2.75, 3.05) is 0 Å². The van der Waals surface area contributed by atoms with Crippen LogP contribution in [0.2, 0.25) is 0 Å². The van der Waals surface area contributed by atoms with Crippen LogP contribution in [0, 0.1) is 12.9 Å². The molecule has 0 aliphatic carbocycles. The van der Waals surface area contributed by atoms with Crippen molar-refractivity contribution < 1.29 is 39.1 Å². The van der Waals surface area contributed by atoms with E-state index in [0.29, 0.717) is 44.8 Å². The van der Waals surface area contributed by atoms with E-state index in [1.54, 1.807) is 12.3 Å². The molecular weight excluding hydrogens is 994 g/mol. The summed E-state index contributed by atoms with van der Waals surface area (Å²) in [5, 5.41) is 14.6. The topological polar surface area (TPSA) is 77.2 Å². The molecule has 4 aromatic heterocycles. The quantitative estimate of drug-likeness (QED) is 0.168. The number of benzene rings is 7. The van der Waals surface area contributed by atoms with Gasteiger partial charge >= 0.3 is 0 Å². The summed E-state index contributed by atoms with van der Waals surface area (Å²) in [5.74, 6) is 1.08. The van der Waals surface area contributed by atoms with Gasteiger partial charge in [-0.1, -0.05) is 144 Å². The smallest absolute Gasteiger partial charge is 0.151 e. The van der Waals surface area contributed by atoms with Crippen molar-refractivity contribution in [3.63, 3.8) is 0 Å². The van der Waals surface area contributed by atoms with Gasteiger partial charge < -0.3 is 13.9 Å². The number of aromatic nitrogens is 3. The number of pyridine rings is 1. The summed E-state index contributed by atoms with van der Waals surface area (Å²) in [6.07, 6.45) is 1.60. The molecule has 0 saturated heterocycles. The zero-order valence-electron chi connectivity index (χ0n) is 40.4. The van der Waals surface area contributed by atoms with Crippen LogP contribution in [0.4, 0.5) is 0 Å². The Morgan fingerprint density at radius 1 is 0.606 bits per heavy atom. The van der Waals surface area contributed by atoms with Crippen LogP contribution in [0.5, 0.6) is 5.75 Å². The Bertz CT molecular complexity index is 3780. The van der Waals surface area contributed by atoms with E-state index < -0.39 is 6.85 Å². The standard InChI is InChI=1S/C59H48N3O3.Pt/c1-35-44-33-48(60-34-53(44)65-56(35)39-27-28-52-45(30-39)43-22-12-14-26-51(43)64-52)38-20-15-19-37(29-38)42-23-16-25-50-54(42)61-57(46-31-40(58(2,3)4)32-47(55(46)63)59(5,6)7)62(50)49-24-13-11-21-41(49)36-17-9-8-10-18-36;/h8-28,30-34,63H,1-7H3;/q-1;/i1D3;. The first-order chi connectivity index (χ1) is 32.5. The number of phenols is 1. The van der Waals surface area contributed by atoms with Gasteiger partial charge in [-0.2, -0.15) is 0 Å². The number of aromatic hydroxyl groups is 1. The average molecular weight is 1050 g/mol. The van der Waals surface area contributed by atoms with E-state index >= 15 is 0 Å². The van der Waals surface area contributed by atoms with Crippen LogP contribution in [0.25, 0.3) is 106 Å². The number of nitrogens with zero attached hydrogens (tertiary/aromatic N) is 3. The predicted octanol–water partition coefficient (Wildman–Crippen LogP) is 15.8. The summed E-state index contributed by atoms with van der Waals surface area (Å²) in [6.45, 7) is 10.4. The van der Waals surface area contributed by atoms with Gasteiger partial charge in [-0.15, -0.1) is 29.8 Å². The number of rotatable bonds is 6. The minimum Gasteiger partial charge on any atom is -0.507 e. The number of furan rings is 2. The van der Waals surface area contributed by atoms with Gasteiger partial charge in [-0.05, 0) is 71.3 Å². The third-order valence-electron chi connectivity index (χ3n) is 12.5. The molecule has 1 N–H and O–H groups in total. The third-order valence-corrected chi connectivity index (χ3v) is 12.5. The Labute approximate surface area is 403 Å². The van der Waals surface area contributed by atoms with Crippen LogP contribution in [-0.4, -0.2) is 19.6 Å². The minimum absolute atomic E-state index is 0. The normalized spacial score (nSPS) is 13.0. The fourth-order valence-electron chi connectivity index (χ4n) is 9.08. The summed E-state index contributed by atoms with van der Waals surface area (Å²) in [7, 11) is 0. The molecular formula is C59H48N3O3Pt-. The van der Waals surface area contributed by atoms with Crippen molar-refractivity contribution in [3.05, 3.63) is 181 Å². The van der Waals surface area contributed by atoms with Crippen LogP contribution in [0.1, 0.15) is 62.3 Å². The van der Waals surface area contributed by atoms with Crippen molar-refractivity contribution >= 4 is 43.9 Å². The molecule has 11 aromatic rings. The van der Waals surface area contributed by atoms with E-state index in [2.05, 4.69) is 94.6 Å². The Morgan fingerprint density at radius 3 is 2.14 bits per heavy atom. The maximum Gasteiger partial charge on any atom is 0.151 e. The predicted molar refractivity (Wildman–Crippen MR) is 266 cm³/mol. The molecule has 0 aliphatic heterocycles. The van der Waals surface area contributed by atoms with Crippen molar-refractivity contribution in [1.29, 1.82) is 0 Å². The molecule has 0 atom stereocenters. The second-order valence-corrected chi connectivity index (χ2v) is 18.9. The Hall–Kier alpha value is -7.01. The Balaban J connectivity index is 0.00000553. The number of fused-ring (bicyclic) bond motifs is 5. The first-order valence-electron chi connectivity index (χ1n) is 23.5. The van der Waals surface area contributed by atoms with E-state index in [-0.39, 0.29) is 49.0 Å². The molecule has 0 radical (unpaired) electrons. The molecule has 66 heavy (non-hydrogen) atoms. The second kappa shape index (κ2) is 16.1. The van der Waals surface area contributed by atoms with Crippen LogP contribution in [0.3, 0.4) is 0 Å². The van der Waals surface area contributed by atoms with Gasteiger partial charge in [0, 0.05) is 69.3 Å². The number of hydrogen-bond donors (Lipinski definition) is 1. The molecule has 0 aliphatic rings. The SMILES string of the molecule is [2H]C([2H])([2H])c1c(-c2ccc3oc4ccccc4c3c2)oc2cnc(-c3[c-]c(-c4cccc5c4nc(-c4cc(C(C)(C)C)cc(C(C)(C)C)c4O)n5-c4ccccc4-c4ccccc4)ccc3)cc12.[Pt]. The number of para-hydroxylation sites is 3. The number of hydrogen-bond acceptors (Lipinski definition) is 5. The number of imidazole rings is 1. The minimum atomic E-state index is -2.50. The first kappa shape index (κ1) is 39.4. The molecule has 7 heteroatoms. The summed E-state index contributed by atoms with van der Waals surface area (Å²) in [6, 6.07) is 53.7. The van der Waals surface area contributed by atoms with Crippen LogP contribution in [0.15, 0.2) is 167 Å². The van der Waals surface area contributed by atoms with Crippen molar-refractivity contribution in [3.8, 4) is 67.7 Å². The van der Waals surface area contributed by atoms with E-state index in [4.69, 9.17) is 22.9 Å².